The molecule has 1 saturated heterocycles. The van der Waals surface area contributed by atoms with Gasteiger partial charge < -0.3 is 14.4 Å². The van der Waals surface area contributed by atoms with Crippen molar-refractivity contribution in [3.05, 3.63) is 42.0 Å². The van der Waals surface area contributed by atoms with Gasteiger partial charge in [0.25, 0.3) is 0 Å². The molecule has 1 N–H and O–H groups in total. The topological polar surface area (TPSA) is 66.6 Å². The van der Waals surface area contributed by atoms with E-state index in [1.54, 1.807) is 17.0 Å². The number of benzene rings is 1. The van der Waals surface area contributed by atoms with Crippen molar-refractivity contribution in [2.45, 2.75) is 25.4 Å². The fourth-order valence-electron chi connectivity index (χ4n) is 3.17. The van der Waals surface area contributed by atoms with Crippen LogP contribution in [0.5, 0.6) is 0 Å². The third kappa shape index (κ3) is 2.63. The van der Waals surface area contributed by atoms with E-state index < -0.39 is 6.10 Å². The molecule has 4 rings (SSSR count). The van der Waals surface area contributed by atoms with Crippen LogP contribution in [0, 0.1) is 11.2 Å². The number of amides is 1. The standard InChI is InChI=1S/C17H17FN2O3/c18-12-3-1-11(2-4-12)16-19-13(9-23-16)7-15(22)20-8-14(21)17(10-20)5-6-17/h1-4,9,14,21H,5-8,10H2. The zero-order valence-corrected chi connectivity index (χ0v) is 12.5. The molecule has 2 fully saturated rings. The summed E-state index contributed by atoms with van der Waals surface area (Å²) in [4.78, 5) is 18.4. The quantitative estimate of drug-likeness (QED) is 0.940. The number of likely N-dealkylation sites (tertiary alicyclic amines) is 1. The Morgan fingerprint density at radius 1 is 1.39 bits per heavy atom. The molecule has 1 aromatic heterocycles. The molecule has 1 atom stereocenters. The molecule has 2 aromatic rings. The Bertz CT molecular complexity index is 737. The average molecular weight is 316 g/mol. The third-order valence-electron chi connectivity index (χ3n) is 4.83. The summed E-state index contributed by atoms with van der Waals surface area (Å²) in [5.74, 6) is -0.00277. The highest BCUT2D eigenvalue weighted by Gasteiger charge is 2.55. The number of hydrogen-bond donors (Lipinski definition) is 1. The summed E-state index contributed by atoms with van der Waals surface area (Å²) < 4.78 is 18.3. The lowest BCUT2D eigenvalue weighted by atomic mass is 10.0. The summed E-state index contributed by atoms with van der Waals surface area (Å²) >= 11 is 0. The largest absolute Gasteiger partial charge is 0.444 e. The second-order valence-corrected chi connectivity index (χ2v) is 6.48. The minimum atomic E-state index is -0.404. The molecule has 5 nitrogen and oxygen atoms in total. The van der Waals surface area contributed by atoms with Crippen LogP contribution in [0.15, 0.2) is 34.9 Å². The first-order chi connectivity index (χ1) is 11.1. The van der Waals surface area contributed by atoms with Crippen LogP contribution in [-0.2, 0) is 11.2 Å². The van der Waals surface area contributed by atoms with Gasteiger partial charge in [0.2, 0.25) is 11.8 Å². The fourth-order valence-corrected chi connectivity index (χ4v) is 3.17. The van der Waals surface area contributed by atoms with E-state index in [4.69, 9.17) is 4.42 Å². The van der Waals surface area contributed by atoms with E-state index in [0.717, 1.165) is 12.8 Å². The van der Waals surface area contributed by atoms with Gasteiger partial charge in [0, 0.05) is 24.1 Å². The fraction of sp³-hybridized carbons (Fsp3) is 0.412. The van der Waals surface area contributed by atoms with Gasteiger partial charge in [0.15, 0.2) is 0 Å². The van der Waals surface area contributed by atoms with Crippen LogP contribution >= 0.6 is 0 Å². The highest BCUT2D eigenvalue weighted by atomic mass is 19.1. The molecule has 2 aliphatic rings. The first kappa shape index (κ1) is 14.4. The van der Waals surface area contributed by atoms with Crippen LogP contribution < -0.4 is 0 Å². The van der Waals surface area contributed by atoms with Gasteiger partial charge in [0.05, 0.1) is 18.2 Å². The Kier molecular flexibility index (Phi) is 3.23. The van der Waals surface area contributed by atoms with Crippen LogP contribution in [0.4, 0.5) is 4.39 Å². The lowest BCUT2D eigenvalue weighted by molar-refractivity contribution is -0.129. The summed E-state index contributed by atoms with van der Waals surface area (Å²) in [5.41, 5.74) is 1.16. The third-order valence-corrected chi connectivity index (χ3v) is 4.83. The van der Waals surface area contributed by atoms with Crippen molar-refractivity contribution < 1.29 is 18.7 Å². The van der Waals surface area contributed by atoms with Crippen LogP contribution in [-0.4, -0.2) is 40.1 Å². The van der Waals surface area contributed by atoms with Crippen molar-refractivity contribution >= 4 is 5.91 Å². The normalized spacial score (nSPS) is 21.8. The highest BCUT2D eigenvalue weighted by molar-refractivity contribution is 5.79. The predicted molar refractivity (Wildman–Crippen MR) is 79.9 cm³/mol. The van der Waals surface area contributed by atoms with Crippen molar-refractivity contribution in [1.29, 1.82) is 0 Å². The van der Waals surface area contributed by atoms with Crippen LogP contribution in [0.3, 0.4) is 0 Å². The van der Waals surface area contributed by atoms with E-state index in [1.807, 2.05) is 0 Å². The lowest BCUT2D eigenvalue weighted by Gasteiger charge is -2.14. The van der Waals surface area contributed by atoms with E-state index in [-0.39, 0.29) is 23.6 Å². The first-order valence-electron chi connectivity index (χ1n) is 7.72. The van der Waals surface area contributed by atoms with E-state index >= 15 is 0 Å². The van der Waals surface area contributed by atoms with Gasteiger partial charge in [-0.2, -0.15) is 0 Å². The number of aliphatic hydroxyl groups excluding tert-OH is 1. The zero-order valence-electron chi connectivity index (χ0n) is 12.5. The molecule has 1 spiro atoms. The van der Waals surface area contributed by atoms with Gasteiger partial charge in [-0.25, -0.2) is 9.37 Å². The van der Waals surface area contributed by atoms with Crippen molar-refractivity contribution in [1.82, 2.24) is 9.88 Å². The molecular weight excluding hydrogens is 299 g/mol. The number of hydrogen-bond acceptors (Lipinski definition) is 4. The Morgan fingerprint density at radius 3 is 2.78 bits per heavy atom. The second kappa shape index (κ2) is 5.16. The smallest absolute Gasteiger partial charge is 0.228 e. The van der Waals surface area contributed by atoms with Gasteiger partial charge >= 0.3 is 0 Å². The molecule has 6 heteroatoms. The maximum Gasteiger partial charge on any atom is 0.228 e. The minimum absolute atomic E-state index is 0.0429. The Balaban J connectivity index is 1.43. The summed E-state index contributed by atoms with van der Waals surface area (Å²) in [6, 6.07) is 5.84. The number of halogens is 1. The monoisotopic (exact) mass is 316 g/mol. The summed E-state index contributed by atoms with van der Waals surface area (Å²) in [5, 5.41) is 10.0. The van der Waals surface area contributed by atoms with Crippen LogP contribution in [0.1, 0.15) is 18.5 Å². The molecule has 1 unspecified atom stereocenters. The Labute approximate surface area is 132 Å². The minimum Gasteiger partial charge on any atom is -0.444 e. The van der Waals surface area contributed by atoms with Crippen molar-refractivity contribution in [3.8, 4) is 11.5 Å². The molecular formula is C17H17FN2O3. The SMILES string of the molecule is O=C(Cc1coc(-c2ccc(F)cc2)n1)N1CC(O)C2(CC2)C1. The molecule has 1 saturated carbocycles. The number of aromatic nitrogens is 1. The number of aliphatic hydroxyl groups is 1. The summed E-state index contributed by atoms with van der Waals surface area (Å²) in [7, 11) is 0. The van der Waals surface area contributed by atoms with Gasteiger partial charge in [-0.05, 0) is 37.1 Å². The molecule has 1 aliphatic carbocycles. The zero-order chi connectivity index (χ0) is 16.0. The number of carbonyl (C=O) groups is 1. The maximum absolute atomic E-state index is 12.9. The molecule has 1 amide bonds. The van der Waals surface area contributed by atoms with Gasteiger partial charge in [-0.3, -0.25) is 4.79 Å². The number of carbonyl (C=O) groups excluding carboxylic acids is 1. The van der Waals surface area contributed by atoms with Crippen molar-refractivity contribution in [2.75, 3.05) is 13.1 Å². The molecule has 1 aliphatic heterocycles. The molecule has 0 bridgehead atoms. The molecule has 2 heterocycles. The number of rotatable bonds is 3. The van der Waals surface area contributed by atoms with Crippen LogP contribution in [0.25, 0.3) is 11.5 Å². The van der Waals surface area contributed by atoms with Crippen molar-refractivity contribution in [2.24, 2.45) is 5.41 Å². The predicted octanol–water partition coefficient (Wildman–Crippen LogP) is 2.01. The maximum atomic E-state index is 12.9. The summed E-state index contributed by atoms with van der Waals surface area (Å²) in [6.07, 6.45) is 3.19. The molecule has 23 heavy (non-hydrogen) atoms. The number of nitrogens with zero attached hydrogens (tertiary/aromatic N) is 2. The van der Waals surface area contributed by atoms with Crippen LogP contribution in [0.2, 0.25) is 0 Å². The molecule has 120 valence electrons. The number of β-amino-alcohol motifs (C(OH)–C–C–N with tert-alkyl or cyclic N) is 1. The average Bonchev–Trinajstić information content (AvgIpc) is 3.04. The van der Waals surface area contributed by atoms with Crippen molar-refractivity contribution in [3.63, 3.8) is 0 Å². The summed E-state index contributed by atoms with van der Waals surface area (Å²) in [6.45, 7) is 1.04. The lowest BCUT2D eigenvalue weighted by Crippen LogP contribution is -2.31. The van der Waals surface area contributed by atoms with Gasteiger partial charge in [-0.15, -0.1) is 0 Å². The van der Waals surface area contributed by atoms with E-state index in [9.17, 15) is 14.3 Å². The molecule has 0 radical (unpaired) electrons. The Morgan fingerprint density at radius 2 is 2.13 bits per heavy atom. The highest BCUT2D eigenvalue weighted by Crippen LogP contribution is 2.52. The van der Waals surface area contributed by atoms with E-state index in [2.05, 4.69) is 4.98 Å². The number of oxazole rings is 1. The first-order valence-corrected chi connectivity index (χ1v) is 7.72. The van der Waals surface area contributed by atoms with E-state index in [1.165, 1.54) is 18.4 Å². The van der Waals surface area contributed by atoms with Gasteiger partial charge in [-0.1, -0.05) is 0 Å². The second-order valence-electron chi connectivity index (χ2n) is 6.48. The molecule has 1 aromatic carbocycles. The van der Waals surface area contributed by atoms with E-state index in [0.29, 0.717) is 30.2 Å². The Hall–Kier alpha value is -2.21. The van der Waals surface area contributed by atoms with Gasteiger partial charge in [0.1, 0.15) is 12.1 Å².